The Kier molecular flexibility index (Phi) is 3.34. The highest BCUT2D eigenvalue weighted by molar-refractivity contribution is 5.94. The molecule has 7 heteroatoms. The number of rotatable bonds is 2. The van der Waals surface area contributed by atoms with Crippen molar-refractivity contribution in [2.24, 2.45) is 5.92 Å². The topological polar surface area (TPSA) is 107 Å². The predicted molar refractivity (Wildman–Crippen MR) is 79.4 cm³/mol. The number of H-pyrrole nitrogens is 2. The highest BCUT2D eigenvalue weighted by Crippen LogP contribution is 2.19. The average Bonchev–Trinajstić information content (AvgIpc) is 2.87. The van der Waals surface area contributed by atoms with Crippen molar-refractivity contribution in [1.82, 2.24) is 15.3 Å². The molecule has 2 atom stereocenters. The first-order valence-electron chi connectivity index (χ1n) is 6.85. The van der Waals surface area contributed by atoms with E-state index in [1.54, 1.807) is 18.2 Å². The Bertz CT molecular complexity index is 808. The van der Waals surface area contributed by atoms with Gasteiger partial charge in [-0.2, -0.15) is 0 Å². The molecule has 1 aromatic heterocycles. The molecule has 0 aliphatic carbocycles. The highest BCUT2D eigenvalue weighted by atomic mass is 16.2. The summed E-state index contributed by atoms with van der Waals surface area (Å²) in [5, 5.41) is 6.08. The largest absolute Gasteiger partial charge is 0.326 e. The fraction of sp³-hybridized carbons (Fsp3) is 0.357. The van der Waals surface area contributed by atoms with Crippen molar-refractivity contribution in [2.45, 2.75) is 19.4 Å². The molecule has 3 rings (SSSR count). The Morgan fingerprint density at radius 3 is 2.57 bits per heavy atom. The van der Waals surface area contributed by atoms with E-state index < -0.39 is 11.1 Å². The normalized spacial score (nSPS) is 21.6. The summed E-state index contributed by atoms with van der Waals surface area (Å²) in [7, 11) is 0. The molecule has 1 aliphatic heterocycles. The molecule has 4 N–H and O–H groups in total. The molecule has 21 heavy (non-hydrogen) atoms. The van der Waals surface area contributed by atoms with Crippen LogP contribution in [0.4, 0.5) is 5.69 Å². The minimum Gasteiger partial charge on any atom is -0.326 e. The van der Waals surface area contributed by atoms with Gasteiger partial charge in [-0.25, -0.2) is 0 Å². The third-order valence-electron chi connectivity index (χ3n) is 3.85. The maximum absolute atomic E-state index is 12.2. The van der Waals surface area contributed by atoms with Crippen LogP contribution in [0.2, 0.25) is 0 Å². The minimum absolute atomic E-state index is 0.0429. The van der Waals surface area contributed by atoms with Crippen molar-refractivity contribution in [1.29, 1.82) is 0 Å². The van der Waals surface area contributed by atoms with Crippen molar-refractivity contribution in [2.75, 3.05) is 11.9 Å². The first kappa shape index (κ1) is 13.6. The lowest BCUT2D eigenvalue weighted by molar-refractivity contribution is -0.119. The zero-order chi connectivity index (χ0) is 15.0. The Balaban J connectivity index is 1.87. The molecule has 1 saturated heterocycles. The van der Waals surface area contributed by atoms with Gasteiger partial charge in [-0.15, -0.1) is 0 Å². The summed E-state index contributed by atoms with van der Waals surface area (Å²) in [4.78, 5) is 39.7. The van der Waals surface area contributed by atoms with Crippen LogP contribution in [0.1, 0.15) is 13.3 Å². The number of carbonyl (C=O) groups is 1. The van der Waals surface area contributed by atoms with Gasteiger partial charge in [0.05, 0.1) is 17.0 Å². The van der Waals surface area contributed by atoms with E-state index in [0.29, 0.717) is 16.7 Å². The molecule has 1 aliphatic rings. The van der Waals surface area contributed by atoms with E-state index in [1.165, 1.54) is 0 Å². The Morgan fingerprint density at radius 2 is 1.90 bits per heavy atom. The van der Waals surface area contributed by atoms with Gasteiger partial charge in [-0.1, -0.05) is 0 Å². The average molecular weight is 288 g/mol. The zero-order valence-electron chi connectivity index (χ0n) is 11.5. The number of aromatic nitrogens is 2. The number of amides is 1. The van der Waals surface area contributed by atoms with Crippen LogP contribution in [0.5, 0.6) is 0 Å². The van der Waals surface area contributed by atoms with Gasteiger partial charge in [0.15, 0.2) is 0 Å². The molecule has 0 radical (unpaired) electrons. The molecule has 0 bridgehead atoms. The molecule has 1 amide bonds. The summed E-state index contributed by atoms with van der Waals surface area (Å²) >= 11 is 0. The monoisotopic (exact) mass is 288 g/mol. The summed E-state index contributed by atoms with van der Waals surface area (Å²) in [5.41, 5.74) is 0.197. The number of fused-ring (bicyclic) bond motifs is 1. The van der Waals surface area contributed by atoms with Gasteiger partial charge in [-0.05, 0) is 38.1 Å². The molecular formula is C14H16N4O3. The van der Waals surface area contributed by atoms with E-state index in [1.807, 2.05) is 6.92 Å². The number of hydrogen-bond donors (Lipinski definition) is 4. The van der Waals surface area contributed by atoms with E-state index in [-0.39, 0.29) is 17.9 Å². The Labute approximate surface area is 119 Å². The summed E-state index contributed by atoms with van der Waals surface area (Å²) in [6, 6.07) is 5.14. The standard InChI is InChI=1S/C14H16N4O3/c1-7-9(4-5-15-7)12(19)16-8-2-3-10-11(6-8)18-14(21)13(20)17-10/h2-3,6-7,9,15H,4-5H2,1H3,(H,16,19)(H,17,20)(H,18,21). The van der Waals surface area contributed by atoms with Crippen LogP contribution in [-0.4, -0.2) is 28.5 Å². The third kappa shape index (κ3) is 2.59. The highest BCUT2D eigenvalue weighted by Gasteiger charge is 2.29. The number of carbonyl (C=O) groups excluding carboxylic acids is 1. The molecule has 1 fully saturated rings. The summed E-state index contributed by atoms with van der Waals surface area (Å²) in [5.74, 6) is -0.103. The second kappa shape index (κ2) is 5.17. The lowest BCUT2D eigenvalue weighted by Crippen LogP contribution is -2.32. The minimum atomic E-state index is -0.709. The van der Waals surface area contributed by atoms with Crippen LogP contribution in [0.3, 0.4) is 0 Å². The number of hydrogen-bond acceptors (Lipinski definition) is 4. The molecule has 0 saturated carbocycles. The van der Waals surface area contributed by atoms with Crippen molar-refractivity contribution < 1.29 is 4.79 Å². The number of anilines is 1. The predicted octanol–water partition coefficient (Wildman–Crippen LogP) is 0.153. The fourth-order valence-electron chi connectivity index (χ4n) is 2.64. The van der Waals surface area contributed by atoms with E-state index in [2.05, 4.69) is 20.6 Å². The quantitative estimate of drug-likeness (QED) is 0.590. The second-order valence-electron chi connectivity index (χ2n) is 5.30. The molecular weight excluding hydrogens is 272 g/mol. The third-order valence-corrected chi connectivity index (χ3v) is 3.85. The maximum atomic E-state index is 12.2. The van der Waals surface area contributed by atoms with Crippen molar-refractivity contribution in [3.05, 3.63) is 38.9 Å². The van der Waals surface area contributed by atoms with Crippen LogP contribution >= 0.6 is 0 Å². The van der Waals surface area contributed by atoms with Crippen molar-refractivity contribution in [3.63, 3.8) is 0 Å². The Hall–Kier alpha value is -2.41. The molecule has 1 aromatic carbocycles. The van der Waals surface area contributed by atoms with Gasteiger partial charge in [0.2, 0.25) is 5.91 Å². The van der Waals surface area contributed by atoms with Gasteiger partial charge < -0.3 is 20.6 Å². The summed E-state index contributed by atoms with van der Waals surface area (Å²) in [6.45, 7) is 2.82. The maximum Gasteiger partial charge on any atom is 0.314 e. The van der Waals surface area contributed by atoms with Crippen LogP contribution < -0.4 is 21.8 Å². The first-order valence-corrected chi connectivity index (χ1v) is 6.85. The number of aromatic amines is 2. The Morgan fingerprint density at radius 1 is 1.19 bits per heavy atom. The van der Waals surface area contributed by atoms with Gasteiger partial charge in [0, 0.05) is 11.7 Å². The summed E-state index contributed by atoms with van der Waals surface area (Å²) < 4.78 is 0. The van der Waals surface area contributed by atoms with E-state index in [0.717, 1.165) is 13.0 Å². The van der Waals surface area contributed by atoms with Crippen LogP contribution in [-0.2, 0) is 4.79 Å². The van der Waals surface area contributed by atoms with Crippen LogP contribution in [0.25, 0.3) is 11.0 Å². The van der Waals surface area contributed by atoms with Gasteiger partial charge in [0.1, 0.15) is 0 Å². The summed E-state index contributed by atoms with van der Waals surface area (Å²) in [6.07, 6.45) is 0.810. The molecule has 2 aromatic rings. The molecule has 7 nitrogen and oxygen atoms in total. The van der Waals surface area contributed by atoms with Crippen LogP contribution in [0, 0.1) is 5.92 Å². The van der Waals surface area contributed by atoms with E-state index in [9.17, 15) is 14.4 Å². The molecule has 110 valence electrons. The first-order chi connectivity index (χ1) is 10.0. The van der Waals surface area contributed by atoms with E-state index in [4.69, 9.17) is 0 Å². The zero-order valence-corrected chi connectivity index (χ0v) is 11.5. The number of benzene rings is 1. The molecule has 2 unspecified atom stereocenters. The smallest absolute Gasteiger partial charge is 0.314 e. The number of nitrogens with one attached hydrogen (secondary N) is 4. The fourth-order valence-corrected chi connectivity index (χ4v) is 2.64. The van der Waals surface area contributed by atoms with E-state index >= 15 is 0 Å². The molecule has 0 spiro atoms. The second-order valence-corrected chi connectivity index (χ2v) is 5.30. The molecule has 2 heterocycles. The van der Waals surface area contributed by atoms with Gasteiger partial charge in [0.25, 0.3) is 0 Å². The lowest BCUT2D eigenvalue weighted by Gasteiger charge is -2.15. The van der Waals surface area contributed by atoms with Crippen molar-refractivity contribution >= 4 is 22.6 Å². The van der Waals surface area contributed by atoms with Gasteiger partial charge in [-0.3, -0.25) is 14.4 Å². The lowest BCUT2D eigenvalue weighted by atomic mass is 10.0. The van der Waals surface area contributed by atoms with Gasteiger partial charge >= 0.3 is 11.1 Å². The van der Waals surface area contributed by atoms with Crippen molar-refractivity contribution in [3.8, 4) is 0 Å². The van der Waals surface area contributed by atoms with Crippen LogP contribution in [0.15, 0.2) is 27.8 Å². The SMILES string of the molecule is CC1NCCC1C(=O)Nc1ccc2[nH]c(=O)c(=O)[nH]c2c1.